The highest BCUT2D eigenvalue weighted by atomic mass is 16.5. The van der Waals surface area contributed by atoms with E-state index in [1.54, 1.807) is 0 Å². The molecule has 0 radical (unpaired) electrons. The van der Waals surface area contributed by atoms with E-state index in [-0.39, 0.29) is 6.10 Å². The molecule has 1 saturated heterocycles. The molecule has 2 fully saturated rings. The summed E-state index contributed by atoms with van der Waals surface area (Å²) in [6.07, 6.45) is 5.55. The molecule has 20 heavy (non-hydrogen) atoms. The van der Waals surface area contributed by atoms with Gasteiger partial charge in [-0.05, 0) is 18.4 Å². The van der Waals surface area contributed by atoms with Crippen LogP contribution in [0.15, 0.2) is 30.3 Å². The van der Waals surface area contributed by atoms with Gasteiger partial charge in [0.25, 0.3) is 0 Å². The zero-order valence-corrected chi connectivity index (χ0v) is 12.1. The fourth-order valence-electron chi connectivity index (χ4n) is 3.34. The van der Waals surface area contributed by atoms with Gasteiger partial charge in [0.1, 0.15) is 0 Å². The summed E-state index contributed by atoms with van der Waals surface area (Å²) in [4.78, 5) is 0. The van der Waals surface area contributed by atoms with E-state index in [4.69, 9.17) is 9.47 Å². The van der Waals surface area contributed by atoms with Crippen molar-refractivity contribution in [1.82, 2.24) is 5.32 Å². The Bertz CT molecular complexity index is 401. The lowest BCUT2D eigenvalue weighted by atomic mass is 9.87. The summed E-state index contributed by atoms with van der Waals surface area (Å²) < 4.78 is 11.9. The predicted octanol–water partition coefficient (Wildman–Crippen LogP) is 2.75. The van der Waals surface area contributed by atoms with Crippen molar-refractivity contribution in [3.63, 3.8) is 0 Å². The molecule has 1 aromatic rings. The van der Waals surface area contributed by atoms with Crippen molar-refractivity contribution >= 4 is 0 Å². The summed E-state index contributed by atoms with van der Waals surface area (Å²) in [6, 6.07) is 10.3. The molecule has 1 saturated carbocycles. The van der Waals surface area contributed by atoms with Crippen LogP contribution in [-0.2, 0) is 16.1 Å². The highest BCUT2D eigenvalue weighted by molar-refractivity contribution is 5.13. The SMILES string of the molecule is c1ccc(COCC2CNCC3(CCCC3)CO2)cc1. The third kappa shape index (κ3) is 3.60. The maximum absolute atomic E-state index is 6.09. The summed E-state index contributed by atoms with van der Waals surface area (Å²) in [5.41, 5.74) is 1.63. The number of ether oxygens (including phenoxy) is 2. The number of nitrogens with one attached hydrogen (secondary N) is 1. The lowest BCUT2D eigenvalue weighted by molar-refractivity contribution is -0.0360. The monoisotopic (exact) mass is 275 g/mol. The molecule has 3 rings (SSSR count). The van der Waals surface area contributed by atoms with Crippen molar-refractivity contribution in [3.05, 3.63) is 35.9 Å². The largest absolute Gasteiger partial charge is 0.374 e. The van der Waals surface area contributed by atoms with Gasteiger partial charge in [0, 0.05) is 18.5 Å². The van der Waals surface area contributed by atoms with Crippen LogP contribution in [0.2, 0.25) is 0 Å². The van der Waals surface area contributed by atoms with E-state index in [0.29, 0.717) is 18.6 Å². The number of hydrogen-bond acceptors (Lipinski definition) is 3. The van der Waals surface area contributed by atoms with E-state index in [1.807, 2.05) is 18.2 Å². The van der Waals surface area contributed by atoms with Crippen LogP contribution in [0.25, 0.3) is 0 Å². The zero-order valence-electron chi connectivity index (χ0n) is 12.1. The zero-order chi connectivity index (χ0) is 13.7. The van der Waals surface area contributed by atoms with Gasteiger partial charge in [-0.15, -0.1) is 0 Å². The molecule has 0 aromatic heterocycles. The first-order valence-corrected chi connectivity index (χ1v) is 7.80. The Balaban J connectivity index is 1.42. The normalized spacial score (nSPS) is 25.7. The molecule has 1 N–H and O–H groups in total. The molecular weight excluding hydrogens is 250 g/mol. The first-order valence-electron chi connectivity index (χ1n) is 7.80. The molecule has 1 aromatic carbocycles. The lowest BCUT2D eigenvalue weighted by Crippen LogP contribution is -2.33. The standard InChI is InChI=1S/C17H25NO2/c1-2-6-15(7-3-1)11-19-12-16-10-18-13-17(14-20-16)8-4-5-9-17/h1-3,6-7,16,18H,4-5,8-14H2. The van der Waals surface area contributed by atoms with Gasteiger partial charge in [-0.2, -0.15) is 0 Å². The van der Waals surface area contributed by atoms with Gasteiger partial charge in [-0.3, -0.25) is 0 Å². The number of benzene rings is 1. The Morgan fingerprint density at radius 1 is 1.20 bits per heavy atom. The van der Waals surface area contributed by atoms with Crippen LogP contribution in [0.5, 0.6) is 0 Å². The van der Waals surface area contributed by atoms with E-state index in [0.717, 1.165) is 19.7 Å². The minimum Gasteiger partial charge on any atom is -0.374 e. The third-order valence-corrected chi connectivity index (χ3v) is 4.58. The van der Waals surface area contributed by atoms with Gasteiger partial charge >= 0.3 is 0 Å². The molecule has 0 bridgehead atoms. The van der Waals surface area contributed by atoms with Crippen molar-refractivity contribution in [1.29, 1.82) is 0 Å². The van der Waals surface area contributed by atoms with E-state index in [9.17, 15) is 0 Å². The quantitative estimate of drug-likeness (QED) is 0.916. The second-order valence-corrected chi connectivity index (χ2v) is 6.27. The lowest BCUT2D eigenvalue weighted by Gasteiger charge is -2.26. The van der Waals surface area contributed by atoms with Gasteiger partial charge in [-0.25, -0.2) is 0 Å². The summed E-state index contributed by atoms with van der Waals surface area (Å²) in [5.74, 6) is 0. The third-order valence-electron chi connectivity index (χ3n) is 4.58. The minimum absolute atomic E-state index is 0.193. The second-order valence-electron chi connectivity index (χ2n) is 6.27. The first-order chi connectivity index (χ1) is 9.86. The predicted molar refractivity (Wildman–Crippen MR) is 79.6 cm³/mol. The van der Waals surface area contributed by atoms with Crippen molar-refractivity contribution in [2.75, 3.05) is 26.3 Å². The smallest absolute Gasteiger partial charge is 0.0932 e. The Morgan fingerprint density at radius 3 is 2.80 bits per heavy atom. The molecule has 3 heteroatoms. The summed E-state index contributed by atoms with van der Waals surface area (Å²) >= 11 is 0. The summed E-state index contributed by atoms with van der Waals surface area (Å²) in [7, 11) is 0. The van der Waals surface area contributed by atoms with Crippen molar-refractivity contribution in [2.45, 2.75) is 38.4 Å². The van der Waals surface area contributed by atoms with Crippen molar-refractivity contribution < 1.29 is 9.47 Å². The highest BCUT2D eigenvalue weighted by Crippen LogP contribution is 2.38. The van der Waals surface area contributed by atoms with Crippen LogP contribution in [0, 0.1) is 5.41 Å². The average Bonchev–Trinajstić information content (AvgIpc) is 2.84. The van der Waals surface area contributed by atoms with Crippen LogP contribution in [-0.4, -0.2) is 32.4 Å². The Morgan fingerprint density at radius 2 is 2.00 bits per heavy atom. The molecule has 1 atom stereocenters. The molecule has 1 aliphatic heterocycles. The van der Waals surface area contributed by atoms with Crippen LogP contribution in [0.1, 0.15) is 31.2 Å². The van der Waals surface area contributed by atoms with Gasteiger partial charge in [-0.1, -0.05) is 43.2 Å². The molecule has 1 heterocycles. The second kappa shape index (κ2) is 6.70. The van der Waals surface area contributed by atoms with E-state index in [2.05, 4.69) is 17.4 Å². The van der Waals surface area contributed by atoms with Crippen molar-refractivity contribution in [3.8, 4) is 0 Å². The number of rotatable bonds is 4. The maximum atomic E-state index is 6.09. The highest BCUT2D eigenvalue weighted by Gasteiger charge is 2.36. The summed E-state index contributed by atoms with van der Waals surface area (Å²) in [6.45, 7) is 4.28. The van der Waals surface area contributed by atoms with E-state index >= 15 is 0 Å². The molecule has 1 unspecified atom stereocenters. The van der Waals surface area contributed by atoms with Crippen LogP contribution < -0.4 is 5.32 Å². The molecule has 3 nitrogen and oxygen atoms in total. The van der Waals surface area contributed by atoms with Gasteiger partial charge in [0.15, 0.2) is 0 Å². The van der Waals surface area contributed by atoms with Gasteiger partial charge in [0.2, 0.25) is 0 Å². The first kappa shape index (κ1) is 14.1. The van der Waals surface area contributed by atoms with E-state index in [1.165, 1.54) is 31.2 Å². The fourth-order valence-corrected chi connectivity index (χ4v) is 3.34. The molecule has 1 aliphatic carbocycles. The van der Waals surface area contributed by atoms with Gasteiger partial charge in [0.05, 0.1) is 25.9 Å². The number of hydrogen-bond donors (Lipinski definition) is 1. The molecule has 110 valence electrons. The maximum Gasteiger partial charge on any atom is 0.0932 e. The molecular formula is C17H25NO2. The minimum atomic E-state index is 0.193. The molecule has 0 amide bonds. The van der Waals surface area contributed by atoms with Crippen LogP contribution in [0.3, 0.4) is 0 Å². The molecule has 1 spiro atoms. The van der Waals surface area contributed by atoms with Crippen molar-refractivity contribution in [2.24, 2.45) is 5.41 Å². The average molecular weight is 275 g/mol. The topological polar surface area (TPSA) is 30.5 Å². The van der Waals surface area contributed by atoms with E-state index < -0.39 is 0 Å². The van der Waals surface area contributed by atoms with Gasteiger partial charge < -0.3 is 14.8 Å². The Kier molecular flexibility index (Phi) is 4.71. The molecule has 2 aliphatic rings. The summed E-state index contributed by atoms with van der Waals surface area (Å²) in [5, 5.41) is 3.57. The Labute approximate surface area is 121 Å². The fraction of sp³-hybridized carbons (Fsp3) is 0.647. The Hall–Kier alpha value is -0.900. The van der Waals surface area contributed by atoms with Crippen LogP contribution >= 0.6 is 0 Å². The van der Waals surface area contributed by atoms with Crippen LogP contribution in [0.4, 0.5) is 0 Å².